The molecule has 0 saturated carbocycles. The Morgan fingerprint density at radius 2 is 2.29 bits per heavy atom. The van der Waals surface area contributed by atoms with E-state index in [1.165, 1.54) is 0 Å². The minimum atomic E-state index is 0.235. The number of nitrogens with zero attached hydrogens (tertiary/aromatic N) is 1. The summed E-state index contributed by atoms with van der Waals surface area (Å²) in [6.07, 6.45) is 2.23. The zero-order valence-corrected chi connectivity index (χ0v) is 10.7. The summed E-state index contributed by atoms with van der Waals surface area (Å²) in [5, 5.41) is 10.0. The molecular formula is C13H19ClN2O. The van der Waals surface area contributed by atoms with Crippen molar-refractivity contribution >= 4 is 11.6 Å². The highest BCUT2D eigenvalue weighted by molar-refractivity contribution is 6.31. The minimum absolute atomic E-state index is 0.235. The highest BCUT2D eigenvalue weighted by Crippen LogP contribution is 2.24. The van der Waals surface area contributed by atoms with Gasteiger partial charge < -0.3 is 10.8 Å². The molecule has 1 unspecified atom stereocenters. The fourth-order valence-corrected chi connectivity index (χ4v) is 2.64. The number of aliphatic hydroxyl groups excluding tert-OH is 1. The van der Waals surface area contributed by atoms with Crippen molar-refractivity contribution in [1.29, 1.82) is 0 Å². The van der Waals surface area contributed by atoms with E-state index in [1.54, 1.807) is 0 Å². The molecule has 1 atom stereocenters. The summed E-state index contributed by atoms with van der Waals surface area (Å²) in [6.45, 7) is 2.61. The molecule has 17 heavy (non-hydrogen) atoms. The highest BCUT2D eigenvalue weighted by atomic mass is 35.5. The van der Waals surface area contributed by atoms with E-state index in [0.717, 1.165) is 42.1 Å². The van der Waals surface area contributed by atoms with Gasteiger partial charge in [-0.2, -0.15) is 0 Å². The zero-order chi connectivity index (χ0) is 12.3. The van der Waals surface area contributed by atoms with E-state index in [-0.39, 0.29) is 6.61 Å². The largest absolute Gasteiger partial charge is 0.395 e. The van der Waals surface area contributed by atoms with E-state index < -0.39 is 0 Å². The normalized spacial score (nSPS) is 21.0. The summed E-state index contributed by atoms with van der Waals surface area (Å²) in [5.74, 6) is 0. The summed E-state index contributed by atoms with van der Waals surface area (Å²) >= 11 is 6.23. The zero-order valence-electron chi connectivity index (χ0n) is 9.90. The monoisotopic (exact) mass is 254 g/mol. The van der Waals surface area contributed by atoms with Gasteiger partial charge in [0.15, 0.2) is 0 Å². The number of nitrogens with two attached hydrogens (primary N) is 1. The summed E-state index contributed by atoms with van der Waals surface area (Å²) in [6, 6.07) is 6.28. The van der Waals surface area contributed by atoms with Gasteiger partial charge in [-0.1, -0.05) is 23.7 Å². The molecule has 0 amide bonds. The second-order valence-corrected chi connectivity index (χ2v) is 4.99. The van der Waals surface area contributed by atoms with Crippen LogP contribution >= 0.6 is 11.6 Å². The van der Waals surface area contributed by atoms with Crippen LogP contribution in [0.5, 0.6) is 0 Å². The Balaban J connectivity index is 2.08. The molecule has 1 aliphatic rings. The van der Waals surface area contributed by atoms with Crippen LogP contribution in [-0.4, -0.2) is 29.2 Å². The molecule has 3 N–H and O–H groups in total. The van der Waals surface area contributed by atoms with Crippen molar-refractivity contribution in [1.82, 2.24) is 4.90 Å². The molecule has 0 spiro atoms. The molecule has 3 nitrogen and oxygen atoms in total. The van der Waals surface area contributed by atoms with Gasteiger partial charge in [0.05, 0.1) is 6.61 Å². The first-order valence-corrected chi connectivity index (χ1v) is 6.44. The molecular weight excluding hydrogens is 236 g/mol. The lowest BCUT2D eigenvalue weighted by molar-refractivity contribution is 0.153. The van der Waals surface area contributed by atoms with Crippen molar-refractivity contribution in [3.63, 3.8) is 0 Å². The first kappa shape index (κ1) is 12.8. The average molecular weight is 255 g/mol. The summed E-state index contributed by atoms with van der Waals surface area (Å²) < 4.78 is 0. The molecule has 94 valence electrons. The molecule has 1 aliphatic heterocycles. The Morgan fingerprint density at radius 1 is 1.47 bits per heavy atom. The molecule has 0 aliphatic carbocycles. The summed E-state index contributed by atoms with van der Waals surface area (Å²) in [7, 11) is 0. The van der Waals surface area contributed by atoms with Gasteiger partial charge in [-0.15, -0.1) is 0 Å². The average Bonchev–Trinajstić information content (AvgIpc) is 2.79. The number of likely N-dealkylation sites (tertiary alicyclic amines) is 1. The van der Waals surface area contributed by atoms with E-state index in [1.807, 2.05) is 18.2 Å². The number of hydrogen-bond acceptors (Lipinski definition) is 3. The van der Waals surface area contributed by atoms with Gasteiger partial charge in [0.2, 0.25) is 0 Å². The van der Waals surface area contributed by atoms with Gasteiger partial charge in [0, 0.05) is 24.2 Å². The fraction of sp³-hybridized carbons (Fsp3) is 0.538. The Morgan fingerprint density at radius 3 is 2.94 bits per heavy atom. The van der Waals surface area contributed by atoms with E-state index in [2.05, 4.69) is 4.90 Å². The van der Waals surface area contributed by atoms with Crippen LogP contribution in [0.15, 0.2) is 18.2 Å². The molecule has 0 bridgehead atoms. The molecule has 0 radical (unpaired) electrons. The minimum Gasteiger partial charge on any atom is -0.395 e. The molecule has 2 rings (SSSR count). The Labute approximate surface area is 107 Å². The predicted octanol–water partition coefficient (Wildman–Crippen LogP) is 1.76. The van der Waals surface area contributed by atoms with Gasteiger partial charge in [-0.05, 0) is 36.6 Å². The second-order valence-electron chi connectivity index (χ2n) is 4.58. The summed E-state index contributed by atoms with van der Waals surface area (Å²) in [4.78, 5) is 2.29. The second kappa shape index (κ2) is 5.83. The van der Waals surface area contributed by atoms with Gasteiger partial charge >= 0.3 is 0 Å². The third-order valence-electron chi connectivity index (χ3n) is 3.44. The number of hydrogen-bond donors (Lipinski definition) is 2. The van der Waals surface area contributed by atoms with E-state index in [4.69, 9.17) is 17.3 Å². The standard InChI is InChI=1S/C13H19ClN2O/c14-13-6-10(7-15)3-4-11(13)8-16-5-1-2-12(16)9-17/h3-4,6,12,17H,1-2,5,7-9,15H2. The Bertz CT molecular complexity index is 384. The number of aliphatic hydroxyl groups is 1. The van der Waals surface area contributed by atoms with Crippen LogP contribution in [0.2, 0.25) is 5.02 Å². The van der Waals surface area contributed by atoms with Crippen LogP contribution in [0.4, 0.5) is 0 Å². The van der Waals surface area contributed by atoms with Gasteiger partial charge in [0.1, 0.15) is 0 Å². The van der Waals surface area contributed by atoms with E-state index >= 15 is 0 Å². The van der Waals surface area contributed by atoms with Crippen LogP contribution in [0.1, 0.15) is 24.0 Å². The SMILES string of the molecule is NCc1ccc(CN2CCCC2CO)c(Cl)c1. The van der Waals surface area contributed by atoms with Crippen LogP contribution in [0.25, 0.3) is 0 Å². The van der Waals surface area contributed by atoms with Crippen LogP contribution in [-0.2, 0) is 13.1 Å². The van der Waals surface area contributed by atoms with Gasteiger partial charge in [-0.25, -0.2) is 0 Å². The molecule has 1 fully saturated rings. The topological polar surface area (TPSA) is 49.5 Å². The van der Waals surface area contributed by atoms with Crippen LogP contribution in [0.3, 0.4) is 0 Å². The number of rotatable bonds is 4. The maximum Gasteiger partial charge on any atom is 0.0587 e. The molecule has 1 aromatic carbocycles. The smallest absolute Gasteiger partial charge is 0.0587 e. The van der Waals surface area contributed by atoms with Crippen molar-refractivity contribution < 1.29 is 5.11 Å². The van der Waals surface area contributed by atoms with Crippen molar-refractivity contribution in [2.24, 2.45) is 5.73 Å². The third-order valence-corrected chi connectivity index (χ3v) is 3.79. The van der Waals surface area contributed by atoms with Crippen LogP contribution in [0, 0.1) is 0 Å². The van der Waals surface area contributed by atoms with E-state index in [9.17, 15) is 5.11 Å². The molecule has 1 saturated heterocycles. The van der Waals surface area contributed by atoms with Crippen molar-refractivity contribution in [3.05, 3.63) is 34.3 Å². The lowest BCUT2D eigenvalue weighted by atomic mass is 10.1. The van der Waals surface area contributed by atoms with Gasteiger partial charge in [-0.3, -0.25) is 4.90 Å². The van der Waals surface area contributed by atoms with E-state index in [0.29, 0.717) is 12.6 Å². The van der Waals surface area contributed by atoms with Crippen LogP contribution < -0.4 is 5.73 Å². The third kappa shape index (κ3) is 2.99. The lowest BCUT2D eigenvalue weighted by Crippen LogP contribution is -2.31. The number of halogens is 1. The fourth-order valence-electron chi connectivity index (χ4n) is 2.37. The van der Waals surface area contributed by atoms with Crippen molar-refractivity contribution in [2.45, 2.75) is 32.0 Å². The highest BCUT2D eigenvalue weighted by Gasteiger charge is 2.24. The lowest BCUT2D eigenvalue weighted by Gasteiger charge is -2.23. The first-order valence-electron chi connectivity index (χ1n) is 6.07. The van der Waals surface area contributed by atoms with Gasteiger partial charge in [0.25, 0.3) is 0 Å². The molecule has 0 aromatic heterocycles. The molecule has 1 heterocycles. The predicted molar refractivity (Wildman–Crippen MR) is 69.9 cm³/mol. The first-order chi connectivity index (χ1) is 8.24. The number of benzene rings is 1. The quantitative estimate of drug-likeness (QED) is 0.861. The maximum absolute atomic E-state index is 9.27. The maximum atomic E-state index is 9.27. The Hall–Kier alpha value is -0.610. The van der Waals surface area contributed by atoms with Crippen molar-refractivity contribution in [3.8, 4) is 0 Å². The molecule has 1 aromatic rings. The Kier molecular flexibility index (Phi) is 4.40. The van der Waals surface area contributed by atoms with Crippen molar-refractivity contribution in [2.75, 3.05) is 13.2 Å². The molecule has 4 heteroatoms. The summed E-state index contributed by atoms with van der Waals surface area (Å²) in [5.41, 5.74) is 7.74.